The van der Waals surface area contributed by atoms with Gasteiger partial charge in [0.1, 0.15) is 12.1 Å². The molecule has 0 spiro atoms. The van der Waals surface area contributed by atoms with Gasteiger partial charge in [0.05, 0.1) is 8.59 Å². The van der Waals surface area contributed by atoms with Crippen LogP contribution < -0.4 is 10.1 Å². The van der Waals surface area contributed by atoms with E-state index in [1.165, 1.54) is 12.8 Å². The van der Waals surface area contributed by atoms with Crippen molar-refractivity contribution in [3.05, 3.63) is 45.1 Å². The maximum atomic E-state index is 6.26. The first-order valence-electron chi connectivity index (χ1n) is 6.90. The van der Waals surface area contributed by atoms with Crippen molar-refractivity contribution >= 4 is 45.1 Å². The van der Waals surface area contributed by atoms with E-state index < -0.39 is 0 Å². The fraction of sp³-hybridized carbons (Fsp3) is 0.312. The molecule has 3 rings (SSSR count). The molecule has 5 heteroatoms. The first-order valence-corrected chi connectivity index (χ1v) is 8.36. The van der Waals surface area contributed by atoms with E-state index >= 15 is 0 Å². The van der Waals surface area contributed by atoms with Gasteiger partial charge in [0.15, 0.2) is 5.75 Å². The van der Waals surface area contributed by atoms with E-state index in [9.17, 15) is 0 Å². The summed E-state index contributed by atoms with van der Waals surface area (Å²) >= 11 is 8.49. The second-order valence-electron chi connectivity index (χ2n) is 5.26. The van der Waals surface area contributed by atoms with E-state index in [1.807, 2.05) is 18.2 Å². The van der Waals surface area contributed by atoms with Crippen LogP contribution in [0.5, 0.6) is 5.75 Å². The van der Waals surface area contributed by atoms with Crippen LogP contribution >= 0.6 is 34.2 Å². The molecule has 1 aliphatic carbocycles. The molecule has 1 heterocycles. The minimum absolute atomic E-state index is 0.489. The van der Waals surface area contributed by atoms with E-state index in [1.54, 1.807) is 6.20 Å². The van der Waals surface area contributed by atoms with E-state index in [0.29, 0.717) is 17.7 Å². The number of aromatic nitrogens is 1. The van der Waals surface area contributed by atoms with Gasteiger partial charge in [-0.15, -0.1) is 0 Å². The van der Waals surface area contributed by atoms with Crippen molar-refractivity contribution < 1.29 is 4.74 Å². The van der Waals surface area contributed by atoms with Crippen LogP contribution in [0.4, 0.5) is 0 Å². The van der Waals surface area contributed by atoms with Gasteiger partial charge in [-0.2, -0.15) is 0 Å². The molecular weight excluding hydrogens is 399 g/mol. The zero-order chi connectivity index (χ0) is 14.8. The SMILES string of the molecule is C=C(CNC1CC1)COc1c(I)cc(Cl)c2cccnc12. The molecule has 110 valence electrons. The average molecular weight is 415 g/mol. The highest BCUT2D eigenvalue weighted by Gasteiger charge is 2.20. The molecular formula is C16H16ClIN2O. The minimum atomic E-state index is 0.489. The number of nitrogens with one attached hydrogen (secondary N) is 1. The predicted molar refractivity (Wildman–Crippen MR) is 95.1 cm³/mol. The van der Waals surface area contributed by atoms with E-state index in [0.717, 1.165) is 32.3 Å². The van der Waals surface area contributed by atoms with Crippen molar-refractivity contribution in [3.8, 4) is 5.75 Å². The van der Waals surface area contributed by atoms with Gasteiger partial charge in [-0.1, -0.05) is 18.2 Å². The molecule has 2 aromatic rings. The Balaban J connectivity index is 1.75. The Morgan fingerprint density at radius 2 is 2.33 bits per heavy atom. The number of ether oxygens (including phenoxy) is 1. The predicted octanol–water partition coefficient (Wildman–Crippen LogP) is 4.18. The van der Waals surface area contributed by atoms with Crippen LogP contribution in [-0.2, 0) is 0 Å². The molecule has 3 nitrogen and oxygen atoms in total. The molecule has 0 bridgehead atoms. The van der Waals surface area contributed by atoms with Gasteiger partial charge in [0.2, 0.25) is 0 Å². The maximum absolute atomic E-state index is 6.26. The van der Waals surface area contributed by atoms with Gasteiger partial charge in [0, 0.05) is 24.2 Å². The zero-order valence-corrected chi connectivity index (χ0v) is 14.4. The van der Waals surface area contributed by atoms with Crippen LogP contribution in [0.3, 0.4) is 0 Å². The normalized spacial score (nSPS) is 14.4. The average Bonchev–Trinajstić information content (AvgIpc) is 3.29. The summed E-state index contributed by atoms with van der Waals surface area (Å²) in [4.78, 5) is 4.41. The Morgan fingerprint density at radius 1 is 1.52 bits per heavy atom. The molecule has 1 saturated carbocycles. The minimum Gasteiger partial charge on any atom is -0.486 e. The zero-order valence-electron chi connectivity index (χ0n) is 11.5. The highest BCUT2D eigenvalue weighted by Crippen LogP contribution is 2.34. The molecule has 1 aromatic heterocycles. The van der Waals surface area contributed by atoms with Crippen molar-refractivity contribution in [2.24, 2.45) is 0 Å². The molecule has 1 aliphatic rings. The third-order valence-corrected chi connectivity index (χ3v) is 4.50. The first-order chi connectivity index (χ1) is 10.1. The number of benzene rings is 1. The topological polar surface area (TPSA) is 34.1 Å². The van der Waals surface area contributed by atoms with E-state index in [4.69, 9.17) is 16.3 Å². The van der Waals surface area contributed by atoms with Crippen LogP contribution in [0.2, 0.25) is 5.02 Å². The van der Waals surface area contributed by atoms with Gasteiger partial charge in [-0.3, -0.25) is 4.98 Å². The van der Waals surface area contributed by atoms with Crippen LogP contribution in [0.15, 0.2) is 36.5 Å². The summed E-state index contributed by atoms with van der Waals surface area (Å²) < 4.78 is 6.92. The second kappa shape index (κ2) is 6.50. The monoisotopic (exact) mass is 414 g/mol. The Morgan fingerprint density at radius 3 is 3.10 bits per heavy atom. The number of hydrogen-bond acceptors (Lipinski definition) is 3. The van der Waals surface area contributed by atoms with Crippen molar-refractivity contribution in [3.63, 3.8) is 0 Å². The van der Waals surface area contributed by atoms with Crippen molar-refractivity contribution in [2.75, 3.05) is 13.2 Å². The van der Waals surface area contributed by atoms with Crippen molar-refractivity contribution in [1.29, 1.82) is 0 Å². The van der Waals surface area contributed by atoms with Crippen molar-refractivity contribution in [2.45, 2.75) is 18.9 Å². The molecule has 0 radical (unpaired) electrons. The highest BCUT2D eigenvalue weighted by atomic mass is 127. The number of fused-ring (bicyclic) bond motifs is 1. The fourth-order valence-electron chi connectivity index (χ4n) is 2.09. The maximum Gasteiger partial charge on any atom is 0.159 e. The van der Waals surface area contributed by atoms with E-state index in [-0.39, 0.29) is 0 Å². The summed E-state index contributed by atoms with van der Waals surface area (Å²) in [6.07, 6.45) is 4.31. The molecule has 1 aromatic carbocycles. The van der Waals surface area contributed by atoms with Crippen LogP contribution in [-0.4, -0.2) is 24.2 Å². The Bertz CT molecular complexity index is 685. The summed E-state index contributed by atoms with van der Waals surface area (Å²) in [5.41, 5.74) is 1.84. The highest BCUT2D eigenvalue weighted by molar-refractivity contribution is 14.1. The molecule has 0 saturated heterocycles. The summed E-state index contributed by atoms with van der Waals surface area (Å²) in [7, 11) is 0. The lowest BCUT2D eigenvalue weighted by Gasteiger charge is -2.13. The molecule has 0 aliphatic heterocycles. The van der Waals surface area contributed by atoms with Crippen LogP contribution in [0, 0.1) is 3.57 Å². The molecule has 0 atom stereocenters. The lowest BCUT2D eigenvalue weighted by molar-refractivity contribution is 0.349. The standard InChI is InChI=1S/C16H16ClIN2O/c1-10(8-20-11-4-5-11)9-21-16-14(18)7-13(17)12-3-2-6-19-15(12)16/h2-3,6-7,11,20H,1,4-5,8-9H2. The summed E-state index contributed by atoms with van der Waals surface area (Å²) in [6, 6.07) is 6.42. The number of hydrogen-bond donors (Lipinski definition) is 1. The Kier molecular flexibility index (Phi) is 4.66. The molecule has 0 amide bonds. The summed E-state index contributed by atoms with van der Waals surface area (Å²) in [5.74, 6) is 0.781. The fourth-order valence-corrected chi connectivity index (χ4v) is 3.25. The number of nitrogens with zero attached hydrogens (tertiary/aromatic N) is 1. The third-order valence-electron chi connectivity index (χ3n) is 3.39. The number of halogens is 2. The van der Waals surface area contributed by atoms with Crippen molar-refractivity contribution in [1.82, 2.24) is 10.3 Å². The summed E-state index contributed by atoms with van der Waals surface area (Å²) in [5, 5.41) is 5.05. The first kappa shape index (κ1) is 15.1. The molecule has 0 unspecified atom stereocenters. The smallest absolute Gasteiger partial charge is 0.159 e. The Hall–Kier alpha value is -0.850. The van der Waals surface area contributed by atoms with Gasteiger partial charge < -0.3 is 10.1 Å². The number of pyridine rings is 1. The lowest BCUT2D eigenvalue weighted by Crippen LogP contribution is -2.21. The van der Waals surface area contributed by atoms with Gasteiger partial charge in [-0.25, -0.2) is 0 Å². The third kappa shape index (κ3) is 3.67. The largest absolute Gasteiger partial charge is 0.486 e. The lowest BCUT2D eigenvalue weighted by atomic mass is 10.2. The molecule has 21 heavy (non-hydrogen) atoms. The number of rotatable bonds is 6. The van der Waals surface area contributed by atoms with Gasteiger partial charge >= 0.3 is 0 Å². The second-order valence-corrected chi connectivity index (χ2v) is 6.83. The van der Waals surface area contributed by atoms with E-state index in [2.05, 4.69) is 39.5 Å². The van der Waals surface area contributed by atoms with Crippen LogP contribution in [0.1, 0.15) is 12.8 Å². The Labute approximate surface area is 142 Å². The van der Waals surface area contributed by atoms with Gasteiger partial charge in [0.25, 0.3) is 0 Å². The van der Waals surface area contributed by atoms with Crippen LogP contribution in [0.25, 0.3) is 10.9 Å². The molecule has 1 fully saturated rings. The quantitative estimate of drug-likeness (QED) is 0.569. The summed E-state index contributed by atoms with van der Waals surface area (Å²) in [6.45, 7) is 5.36. The van der Waals surface area contributed by atoms with Gasteiger partial charge in [-0.05, 0) is 59.2 Å². The molecule has 1 N–H and O–H groups in total.